The van der Waals surface area contributed by atoms with E-state index in [1.807, 2.05) is 0 Å². The highest BCUT2D eigenvalue weighted by Gasteiger charge is 2.29. The number of nitrogens with zero attached hydrogens (tertiary/aromatic N) is 2. The van der Waals surface area contributed by atoms with Gasteiger partial charge < -0.3 is 10.8 Å². The van der Waals surface area contributed by atoms with Crippen molar-refractivity contribution in [2.45, 2.75) is 26.3 Å². The lowest BCUT2D eigenvalue weighted by molar-refractivity contribution is -0.383. The van der Waals surface area contributed by atoms with Gasteiger partial charge in [0.15, 0.2) is 0 Å². The van der Waals surface area contributed by atoms with Gasteiger partial charge in [0.05, 0.1) is 10.6 Å². The predicted octanol–water partition coefficient (Wildman–Crippen LogP) is 2.46. The highest BCUT2D eigenvalue weighted by molar-refractivity contribution is 5.88. The molecule has 18 heavy (non-hydrogen) atoms. The molecule has 0 fully saturated rings. The summed E-state index contributed by atoms with van der Waals surface area (Å²) in [7, 11) is 0. The molecule has 98 valence electrons. The third kappa shape index (κ3) is 2.68. The van der Waals surface area contributed by atoms with Crippen LogP contribution in [-0.4, -0.2) is 21.7 Å². The third-order valence-electron chi connectivity index (χ3n) is 2.33. The summed E-state index contributed by atoms with van der Waals surface area (Å²) in [5.74, 6) is 0. The maximum absolute atomic E-state index is 11.2. The van der Waals surface area contributed by atoms with Crippen LogP contribution < -0.4 is 10.6 Å². The number of benzene rings is 1. The summed E-state index contributed by atoms with van der Waals surface area (Å²) in [5, 5.41) is 20.0. The van der Waals surface area contributed by atoms with E-state index >= 15 is 0 Å². The monoisotopic (exact) mass is 253 g/mol. The van der Waals surface area contributed by atoms with Crippen LogP contribution in [0.2, 0.25) is 0 Å². The fourth-order valence-electron chi connectivity index (χ4n) is 1.61. The van der Waals surface area contributed by atoms with E-state index in [1.54, 1.807) is 20.8 Å². The number of nitro benzene ring substituents is 1. The summed E-state index contributed by atoms with van der Waals surface area (Å²) in [4.78, 5) is 22.4. The molecule has 0 bridgehead atoms. The van der Waals surface area contributed by atoms with Gasteiger partial charge in [-0.1, -0.05) is 0 Å². The number of carbonyl (C=O) groups is 1. The number of hydrogen-bond acceptors (Lipinski definition) is 4. The van der Waals surface area contributed by atoms with Crippen molar-refractivity contribution in [2.75, 3.05) is 10.6 Å². The molecule has 0 aliphatic heterocycles. The number of hydrogen-bond donors (Lipinski definition) is 2. The fraction of sp³-hybridized carbons (Fsp3) is 0.364. The van der Waals surface area contributed by atoms with E-state index in [4.69, 9.17) is 5.73 Å². The van der Waals surface area contributed by atoms with Crippen molar-refractivity contribution >= 4 is 23.2 Å². The summed E-state index contributed by atoms with van der Waals surface area (Å²) in [6, 6.07) is 3.94. The zero-order chi connectivity index (χ0) is 14.1. The number of rotatable bonds is 2. The van der Waals surface area contributed by atoms with Crippen molar-refractivity contribution in [3.63, 3.8) is 0 Å². The van der Waals surface area contributed by atoms with Gasteiger partial charge in [-0.05, 0) is 32.9 Å². The Morgan fingerprint density at radius 2 is 2.00 bits per heavy atom. The molecule has 0 atom stereocenters. The maximum atomic E-state index is 11.2. The Labute approximate surface area is 104 Å². The molecule has 1 aromatic rings. The van der Waals surface area contributed by atoms with Crippen LogP contribution in [0.5, 0.6) is 0 Å². The Balaban J connectivity index is 3.35. The zero-order valence-electron chi connectivity index (χ0n) is 10.4. The van der Waals surface area contributed by atoms with Crippen LogP contribution >= 0.6 is 0 Å². The van der Waals surface area contributed by atoms with Crippen LogP contribution in [0.1, 0.15) is 20.8 Å². The summed E-state index contributed by atoms with van der Waals surface area (Å²) in [6.45, 7) is 5.09. The number of nitro groups is 1. The Kier molecular flexibility index (Phi) is 3.45. The molecular weight excluding hydrogens is 238 g/mol. The standard InChI is InChI=1S/C11H15N3O4/c1-11(2,3)13(10(15)16)7-4-5-8(12)9(6-7)14(17)18/h4-6H,12H2,1-3H3,(H,15,16). The van der Waals surface area contributed by atoms with E-state index in [1.165, 1.54) is 12.1 Å². The summed E-state index contributed by atoms with van der Waals surface area (Å²) >= 11 is 0. The normalized spacial score (nSPS) is 11.1. The SMILES string of the molecule is CC(C)(C)N(C(=O)O)c1ccc(N)c([N+](=O)[O-])c1. The number of nitrogen functional groups attached to an aromatic ring is 1. The van der Waals surface area contributed by atoms with E-state index in [0.717, 1.165) is 11.0 Å². The molecule has 0 heterocycles. The van der Waals surface area contributed by atoms with Gasteiger partial charge in [0.25, 0.3) is 5.69 Å². The Morgan fingerprint density at radius 3 is 2.39 bits per heavy atom. The quantitative estimate of drug-likeness (QED) is 0.478. The Hall–Kier alpha value is -2.31. The maximum Gasteiger partial charge on any atom is 0.412 e. The van der Waals surface area contributed by atoms with Crippen LogP contribution in [0.4, 0.5) is 21.9 Å². The second-order valence-electron chi connectivity index (χ2n) is 4.79. The molecule has 1 amide bonds. The van der Waals surface area contributed by atoms with Gasteiger partial charge in [0.2, 0.25) is 0 Å². The minimum atomic E-state index is -1.18. The largest absolute Gasteiger partial charge is 0.465 e. The van der Waals surface area contributed by atoms with Crippen molar-refractivity contribution in [1.29, 1.82) is 0 Å². The van der Waals surface area contributed by atoms with Gasteiger partial charge in [0.1, 0.15) is 5.69 Å². The predicted molar refractivity (Wildman–Crippen MR) is 67.8 cm³/mol. The molecule has 0 aromatic heterocycles. The van der Waals surface area contributed by atoms with E-state index in [9.17, 15) is 20.0 Å². The smallest absolute Gasteiger partial charge is 0.412 e. The first-order valence-electron chi connectivity index (χ1n) is 5.21. The Morgan fingerprint density at radius 1 is 1.44 bits per heavy atom. The minimum absolute atomic E-state index is 0.00278. The third-order valence-corrected chi connectivity index (χ3v) is 2.33. The van der Waals surface area contributed by atoms with Crippen molar-refractivity contribution < 1.29 is 14.8 Å². The van der Waals surface area contributed by atoms with E-state index in [0.29, 0.717) is 0 Å². The van der Waals surface area contributed by atoms with Gasteiger partial charge in [-0.3, -0.25) is 15.0 Å². The Bertz CT molecular complexity index is 494. The molecule has 0 unspecified atom stereocenters. The molecule has 0 spiro atoms. The molecule has 0 aliphatic rings. The van der Waals surface area contributed by atoms with Crippen molar-refractivity contribution in [3.8, 4) is 0 Å². The van der Waals surface area contributed by atoms with Crippen LogP contribution in [0.25, 0.3) is 0 Å². The van der Waals surface area contributed by atoms with Crippen molar-refractivity contribution in [1.82, 2.24) is 0 Å². The van der Waals surface area contributed by atoms with Crippen LogP contribution in [0.15, 0.2) is 18.2 Å². The molecule has 1 rings (SSSR count). The number of amides is 1. The first-order chi connectivity index (χ1) is 8.14. The fourth-order valence-corrected chi connectivity index (χ4v) is 1.61. The number of anilines is 2. The first kappa shape index (κ1) is 13.8. The molecule has 7 heteroatoms. The topological polar surface area (TPSA) is 110 Å². The number of carboxylic acid groups (broad SMARTS) is 1. The van der Waals surface area contributed by atoms with Crippen LogP contribution in [0.3, 0.4) is 0 Å². The van der Waals surface area contributed by atoms with Gasteiger partial charge in [-0.2, -0.15) is 0 Å². The average molecular weight is 253 g/mol. The second-order valence-corrected chi connectivity index (χ2v) is 4.79. The summed E-state index contributed by atoms with van der Waals surface area (Å²) in [5.41, 5.74) is 4.67. The van der Waals surface area contributed by atoms with E-state index < -0.39 is 16.6 Å². The lowest BCUT2D eigenvalue weighted by Crippen LogP contribution is -2.45. The number of nitrogens with two attached hydrogens (primary N) is 1. The molecule has 0 saturated carbocycles. The molecule has 7 nitrogen and oxygen atoms in total. The summed E-state index contributed by atoms with van der Waals surface area (Å²) in [6.07, 6.45) is -1.18. The molecule has 1 aromatic carbocycles. The van der Waals surface area contributed by atoms with Crippen LogP contribution in [0, 0.1) is 10.1 Å². The highest BCUT2D eigenvalue weighted by Crippen LogP contribution is 2.31. The highest BCUT2D eigenvalue weighted by atomic mass is 16.6. The first-order valence-corrected chi connectivity index (χ1v) is 5.21. The molecular formula is C11H15N3O4. The molecule has 0 saturated heterocycles. The zero-order valence-corrected chi connectivity index (χ0v) is 10.4. The van der Waals surface area contributed by atoms with Crippen molar-refractivity contribution in [2.24, 2.45) is 0 Å². The van der Waals surface area contributed by atoms with Gasteiger partial charge in [-0.15, -0.1) is 0 Å². The summed E-state index contributed by atoms with van der Waals surface area (Å²) < 4.78 is 0. The second kappa shape index (κ2) is 4.52. The molecule has 0 aliphatic carbocycles. The van der Waals surface area contributed by atoms with E-state index in [-0.39, 0.29) is 17.1 Å². The average Bonchev–Trinajstić information content (AvgIpc) is 2.17. The van der Waals surface area contributed by atoms with Crippen molar-refractivity contribution in [3.05, 3.63) is 28.3 Å². The minimum Gasteiger partial charge on any atom is -0.465 e. The lowest BCUT2D eigenvalue weighted by Gasteiger charge is -2.33. The van der Waals surface area contributed by atoms with Gasteiger partial charge in [-0.25, -0.2) is 4.79 Å². The lowest BCUT2D eigenvalue weighted by atomic mass is 10.1. The van der Waals surface area contributed by atoms with E-state index in [2.05, 4.69) is 0 Å². The molecule has 3 N–H and O–H groups in total. The van der Waals surface area contributed by atoms with Gasteiger partial charge >= 0.3 is 6.09 Å². The van der Waals surface area contributed by atoms with Gasteiger partial charge in [0, 0.05) is 11.6 Å². The molecule has 0 radical (unpaired) electrons. The van der Waals surface area contributed by atoms with Crippen LogP contribution in [-0.2, 0) is 0 Å².